The van der Waals surface area contributed by atoms with E-state index in [-0.39, 0.29) is 93.1 Å². The number of aliphatic hydroxyl groups excluding tert-OH is 9. The third-order valence-corrected chi connectivity index (χ3v) is 21.9. The van der Waals surface area contributed by atoms with Gasteiger partial charge in [0.2, 0.25) is 0 Å². The van der Waals surface area contributed by atoms with Gasteiger partial charge in [-0.15, -0.1) is 0 Å². The number of carbonyl (C=O) groups excluding carboxylic acids is 2. The van der Waals surface area contributed by atoms with Crippen molar-refractivity contribution < 1.29 is 98.2 Å². The van der Waals surface area contributed by atoms with Crippen LogP contribution in [-0.2, 0) is 52.2 Å². The van der Waals surface area contributed by atoms with Gasteiger partial charge in [-0.25, -0.2) is 9.59 Å². The largest absolute Gasteiger partial charge is 0.458 e. The minimum atomic E-state index is -1.18. The van der Waals surface area contributed by atoms with E-state index in [0.717, 1.165) is 12.8 Å². The molecule has 5 aliphatic rings. The summed E-state index contributed by atoms with van der Waals surface area (Å²) in [6.45, 7) is 22.3. The molecule has 3 unspecified atom stereocenters. The summed E-state index contributed by atoms with van der Waals surface area (Å²) in [7, 11) is 4.86. The SMILES string of the molecule is COC1C[C@H]2CC=C[C@@H](CC(O)C/C=C(C)/C=C/C(=O)O[C@H]([C@@H](C)[C@@H](O)[C@@H](C)CC[C@H]3C[C@H](OC)C[C@@H](C)O3)[C@H](C)[C@H](O)C[C@H](O)[C@H](C)[C@H](OC)C[C@@H]3CC=C[C@@H](C[C@H](O)C/C=C(C)\C=C/C(=O)O[C@H]([C@@H](C)[C@@H](O)[C@@H](C)CC[C@H]4C[C@H](O)C[C@@H](C)O4)[C@@H](C)C(O)C[C@@H](O)[C@@H]1C)O3)O2. The molecule has 0 aromatic heterocycles. The predicted octanol–water partition coefficient (Wildman–Crippen LogP) is 9.45. The standard InChI is InChI=1S/C77H130O20/c1-44-22-28-56(78)36-59-19-17-21-62(95-59)41-71(91-15)51(8)67(82)43-69(84)53(10)77(55(12)75(88)47(4)27-31-64-39-65(89-13)35-49(6)93-64)97-73(86)33-25-45(2)23-29-57(79)37-60-18-16-20-61(94-60)40-70(90-14)50(7)66(81)42-68(83)52(9)76(96-72(85)32-24-44)54(11)74(87)46(3)26-30-63-38-58(80)34-48(5)92-63/h16-19,22-25,32-33,46-71,74-84,87-88H,20-21,26-31,34-43H2,1-15H3/b32-24-,33-25+,44-22-,45-23+/t46-,47-,48+,49+,50-,51-,52-,53+,54-,55-,56+,57?,58+,59-,60-,61+,62-,63-,64-,65+,66+,67-,68?,69+,70?,71+,74-,75-,76-,77-/m0/s1. The number of cyclic esters (lactones) is 2. The molecule has 5 heterocycles. The maximum Gasteiger partial charge on any atom is 0.331 e. The van der Waals surface area contributed by atoms with Crippen LogP contribution in [0.15, 0.2) is 71.9 Å². The number of fused-ring (bicyclic) bond motifs is 4. The van der Waals surface area contributed by atoms with Crippen LogP contribution in [0.2, 0.25) is 0 Å². The van der Waals surface area contributed by atoms with Crippen LogP contribution in [0.4, 0.5) is 0 Å². The zero-order valence-electron chi connectivity index (χ0n) is 61.3. The van der Waals surface area contributed by atoms with Gasteiger partial charge in [0.25, 0.3) is 0 Å². The van der Waals surface area contributed by atoms with E-state index in [2.05, 4.69) is 0 Å². The Hall–Kier alpha value is -3.26. The van der Waals surface area contributed by atoms with E-state index in [9.17, 15) is 55.5 Å². The lowest BCUT2D eigenvalue weighted by Gasteiger charge is -2.38. The molecular weight excluding hydrogens is 1240 g/mol. The quantitative estimate of drug-likeness (QED) is 0.0544. The summed E-state index contributed by atoms with van der Waals surface area (Å²) >= 11 is 0. The predicted molar refractivity (Wildman–Crippen MR) is 373 cm³/mol. The maximum atomic E-state index is 13.9. The zero-order chi connectivity index (χ0) is 71.8. The molecule has 30 atom stereocenters. The van der Waals surface area contributed by atoms with Crippen LogP contribution in [0.5, 0.6) is 0 Å². The Morgan fingerprint density at radius 2 is 0.845 bits per heavy atom. The molecule has 2 saturated heterocycles. The van der Waals surface area contributed by atoms with Crippen molar-refractivity contribution in [3.8, 4) is 0 Å². The van der Waals surface area contributed by atoms with Crippen molar-refractivity contribution >= 4 is 11.9 Å². The van der Waals surface area contributed by atoms with Gasteiger partial charge in [-0.2, -0.15) is 0 Å². The van der Waals surface area contributed by atoms with E-state index < -0.39 is 139 Å². The third-order valence-electron chi connectivity index (χ3n) is 21.9. The normalized spacial score (nSPS) is 41.4. The van der Waals surface area contributed by atoms with Crippen molar-refractivity contribution in [1.82, 2.24) is 0 Å². The molecule has 2 fully saturated rings. The van der Waals surface area contributed by atoms with Crippen molar-refractivity contribution in [2.45, 2.75) is 333 Å². The summed E-state index contributed by atoms with van der Waals surface area (Å²) in [4.78, 5) is 27.8. The number of ether oxygens (including phenoxy) is 9. The lowest BCUT2D eigenvalue weighted by atomic mass is 9.78. The van der Waals surface area contributed by atoms with Crippen molar-refractivity contribution in [3.05, 3.63) is 71.9 Å². The lowest BCUT2D eigenvalue weighted by Crippen LogP contribution is -2.45. The summed E-state index contributed by atoms with van der Waals surface area (Å²) in [5, 5.41) is 105. The fourth-order valence-corrected chi connectivity index (χ4v) is 15.2. The smallest absolute Gasteiger partial charge is 0.331 e. The fourth-order valence-electron chi connectivity index (χ4n) is 15.2. The molecule has 20 nitrogen and oxygen atoms in total. The summed E-state index contributed by atoms with van der Waals surface area (Å²) in [5.74, 6) is -5.62. The third kappa shape index (κ3) is 28.1. The number of carbonyl (C=O) groups is 2. The first-order valence-electron chi connectivity index (χ1n) is 36.7. The molecule has 4 bridgehead atoms. The number of esters is 2. The molecule has 0 spiro atoms. The number of allylic oxidation sites excluding steroid dienone is 4. The number of hydrogen-bond donors (Lipinski definition) is 9. The summed E-state index contributed by atoms with van der Waals surface area (Å²) < 4.78 is 55.4. The van der Waals surface area contributed by atoms with Crippen molar-refractivity contribution in [2.75, 3.05) is 21.3 Å². The topological polar surface area (TPSA) is 299 Å². The molecular formula is C77H130O20. The van der Waals surface area contributed by atoms with Gasteiger partial charge in [0, 0.05) is 94.7 Å². The van der Waals surface area contributed by atoms with E-state index in [1.165, 1.54) is 12.2 Å². The number of hydrogen-bond acceptors (Lipinski definition) is 20. The first-order valence-corrected chi connectivity index (χ1v) is 36.7. The molecule has 0 radical (unpaired) electrons. The maximum absolute atomic E-state index is 13.9. The van der Waals surface area contributed by atoms with Crippen LogP contribution in [-0.4, -0.2) is 214 Å². The number of aliphatic hydroxyl groups is 9. The van der Waals surface area contributed by atoms with Crippen molar-refractivity contribution in [1.29, 1.82) is 0 Å². The van der Waals surface area contributed by atoms with Gasteiger partial charge < -0.3 is 88.6 Å². The van der Waals surface area contributed by atoms with Gasteiger partial charge in [-0.3, -0.25) is 0 Å². The van der Waals surface area contributed by atoms with Crippen molar-refractivity contribution in [3.63, 3.8) is 0 Å². The molecule has 0 aliphatic carbocycles. The van der Waals surface area contributed by atoms with E-state index in [1.807, 2.05) is 91.8 Å². The van der Waals surface area contributed by atoms with Gasteiger partial charge in [0.1, 0.15) is 12.2 Å². The summed E-state index contributed by atoms with van der Waals surface area (Å²) in [6, 6.07) is 0. The second-order valence-electron chi connectivity index (χ2n) is 30.1. The second-order valence-corrected chi connectivity index (χ2v) is 30.1. The van der Waals surface area contributed by atoms with Crippen LogP contribution in [0, 0.1) is 47.3 Å². The van der Waals surface area contributed by atoms with Gasteiger partial charge >= 0.3 is 11.9 Å². The Bertz CT molecular complexity index is 2460. The van der Waals surface area contributed by atoms with Crippen LogP contribution >= 0.6 is 0 Å². The molecule has 5 rings (SSSR count). The fraction of sp³-hybridized carbons (Fsp3) is 0.818. The Morgan fingerprint density at radius 3 is 1.24 bits per heavy atom. The minimum Gasteiger partial charge on any atom is -0.458 e. The first kappa shape index (κ1) is 84.4. The average Bonchev–Trinajstić information content (AvgIpc) is 0.857. The number of rotatable bonds is 15. The van der Waals surface area contributed by atoms with Gasteiger partial charge in [-0.05, 0) is 129 Å². The molecule has 5 aliphatic heterocycles. The highest BCUT2D eigenvalue weighted by molar-refractivity contribution is 5.83. The Balaban J connectivity index is 1.36. The molecule has 97 heavy (non-hydrogen) atoms. The molecule has 558 valence electrons. The minimum absolute atomic E-state index is 0.0308. The van der Waals surface area contributed by atoms with E-state index in [4.69, 9.17) is 42.6 Å². The van der Waals surface area contributed by atoms with Crippen LogP contribution in [0.25, 0.3) is 0 Å². The molecule has 0 saturated carbocycles. The lowest BCUT2D eigenvalue weighted by molar-refractivity contribution is -0.158. The van der Waals surface area contributed by atoms with Crippen LogP contribution < -0.4 is 0 Å². The van der Waals surface area contributed by atoms with E-state index >= 15 is 0 Å². The summed E-state index contributed by atoms with van der Waals surface area (Å²) in [6.07, 6.45) is 12.4. The van der Waals surface area contributed by atoms with Gasteiger partial charge in [0.15, 0.2) is 0 Å². The Kier molecular flexibility index (Phi) is 36.9. The van der Waals surface area contributed by atoms with Gasteiger partial charge in [-0.1, -0.05) is 115 Å². The number of methoxy groups -OCH3 is 3. The molecule has 0 amide bonds. The van der Waals surface area contributed by atoms with Crippen molar-refractivity contribution in [2.24, 2.45) is 47.3 Å². The molecule has 20 heteroatoms. The highest BCUT2D eigenvalue weighted by Gasteiger charge is 2.42. The zero-order valence-corrected chi connectivity index (χ0v) is 61.3. The van der Waals surface area contributed by atoms with Crippen LogP contribution in [0.3, 0.4) is 0 Å². The van der Waals surface area contributed by atoms with Gasteiger partial charge in [0.05, 0.1) is 122 Å². The monoisotopic (exact) mass is 1370 g/mol. The second kappa shape index (κ2) is 42.4. The van der Waals surface area contributed by atoms with E-state index in [0.29, 0.717) is 75.4 Å². The molecule has 9 N–H and O–H groups in total. The Labute approximate surface area is 581 Å². The molecule has 0 aromatic rings. The highest BCUT2D eigenvalue weighted by atomic mass is 16.6. The summed E-state index contributed by atoms with van der Waals surface area (Å²) in [5.41, 5.74) is 1.37. The van der Waals surface area contributed by atoms with E-state index in [1.54, 1.807) is 61.2 Å². The Morgan fingerprint density at radius 1 is 0.454 bits per heavy atom. The van der Waals surface area contributed by atoms with Crippen LogP contribution in [0.1, 0.15) is 199 Å². The first-order chi connectivity index (χ1) is 45.9. The average molecular weight is 1380 g/mol. The highest BCUT2D eigenvalue weighted by Crippen LogP contribution is 2.37. The molecule has 0 aromatic carbocycles.